The molecule has 1 heterocycles. The van der Waals surface area contributed by atoms with E-state index in [1.54, 1.807) is 0 Å². The molecule has 0 amide bonds. The van der Waals surface area contributed by atoms with Crippen molar-refractivity contribution < 1.29 is 5.11 Å². The normalized spacial score (nSPS) is 16.3. The minimum absolute atomic E-state index is 0.140. The summed E-state index contributed by atoms with van der Waals surface area (Å²) < 4.78 is 0. The van der Waals surface area contributed by atoms with E-state index in [1.807, 2.05) is 6.07 Å². The third-order valence-corrected chi connectivity index (χ3v) is 2.90. The Morgan fingerprint density at radius 3 is 2.64 bits per heavy atom. The second kappa shape index (κ2) is 4.01. The monoisotopic (exact) mass is 191 g/mol. The third-order valence-electron chi connectivity index (χ3n) is 2.90. The Morgan fingerprint density at radius 1 is 1.29 bits per heavy atom. The standard InChI is InChI=1S/C12H17NO/c1-10-4-5-11(9-14)8-12(10)13-6-2-3-7-13/h4-5,8,14H,2-3,6-7,9H2,1H3. The van der Waals surface area contributed by atoms with Gasteiger partial charge in [0.15, 0.2) is 0 Å². The predicted octanol–water partition coefficient (Wildman–Crippen LogP) is 2.09. The maximum absolute atomic E-state index is 9.08. The van der Waals surface area contributed by atoms with Gasteiger partial charge in [0.1, 0.15) is 0 Å². The van der Waals surface area contributed by atoms with E-state index in [1.165, 1.54) is 24.1 Å². The van der Waals surface area contributed by atoms with Gasteiger partial charge in [-0.2, -0.15) is 0 Å². The van der Waals surface area contributed by atoms with Crippen molar-refractivity contribution in [3.05, 3.63) is 29.3 Å². The summed E-state index contributed by atoms with van der Waals surface area (Å²) in [5, 5.41) is 9.08. The number of rotatable bonds is 2. The Bertz CT molecular complexity index is 316. The second-order valence-corrected chi connectivity index (χ2v) is 3.97. The van der Waals surface area contributed by atoms with E-state index in [2.05, 4.69) is 24.0 Å². The molecular formula is C12H17NO. The molecule has 1 aromatic rings. The van der Waals surface area contributed by atoms with Gasteiger partial charge < -0.3 is 10.0 Å². The molecule has 2 heteroatoms. The van der Waals surface area contributed by atoms with Crippen LogP contribution in [0.3, 0.4) is 0 Å². The average molecular weight is 191 g/mol. The number of benzene rings is 1. The summed E-state index contributed by atoms with van der Waals surface area (Å²) in [5.74, 6) is 0. The molecule has 1 saturated heterocycles. The minimum Gasteiger partial charge on any atom is -0.392 e. The molecule has 14 heavy (non-hydrogen) atoms. The molecule has 2 nitrogen and oxygen atoms in total. The maximum Gasteiger partial charge on any atom is 0.0682 e. The van der Waals surface area contributed by atoms with E-state index in [0.29, 0.717) is 0 Å². The lowest BCUT2D eigenvalue weighted by atomic mass is 10.1. The van der Waals surface area contributed by atoms with Crippen molar-refractivity contribution in [2.45, 2.75) is 26.4 Å². The van der Waals surface area contributed by atoms with Crippen LogP contribution in [0.1, 0.15) is 24.0 Å². The molecule has 1 N–H and O–H groups in total. The molecule has 2 rings (SSSR count). The van der Waals surface area contributed by atoms with E-state index in [-0.39, 0.29) is 6.61 Å². The highest BCUT2D eigenvalue weighted by atomic mass is 16.3. The highest BCUT2D eigenvalue weighted by molar-refractivity contribution is 5.55. The SMILES string of the molecule is Cc1ccc(CO)cc1N1CCCC1. The van der Waals surface area contributed by atoms with Gasteiger partial charge in [-0.15, -0.1) is 0 Å². The summed E-state index contributed by atoms with van der Waals surface area (Å²) in [4.78, 5) is 2.41. The van der Waals surface area contributed by atoms with Crippen LogP contribution in [0.15, 0.2) is 18.2 Å². The van der Waals surface area contributed by atoms with E-state index >= 15 is 0 Å². The molecule has 76 valence electrons. The highest BCUT2D eigenvalue weighted by Gasteiger charge is 2.14. The first kappa shape index (κ1) is 9.53. The zero-order valence-electron chi connectivity index (χ0n) is 8.66. The van der Waals surface area contributed by atoms with Crippen molar-refractivity contribution >= 4 is 5.69 Å². The van der Waals surface area contributed by atoms with Crippen LogP contribution in [0.25, 0.3) is 0 Å². The number of aliphatic hydroxyl groups is 1. The highest BCUT2D eigenvalue weighted by Crippen LogP contribution is 2.25. The lowest BCUT2D eigenvalue weighted by Gasteiger charge is -2.20. The van der Waals surface area contributed by atoms with Gasteiger partial charge in [0.05, 0.1) is 6.61 Å². The van der Waals surface area contributed by atoms with Crippen molar-refractivity contribution in [2.75, 3.05) is 18.0 Å². The van der Waals surface area contributed by atoms with Gasteiger partial charge in [-0.05, 0) is 37.0 Å². The number of nitrogens with zero attached hydrogens (tertiary/aromatic N) is 1. The Morgan fingerprint density at radius 2 is 2.00 bits per heavy atom. The van der Waals surface area contributed by atoms with Crippen molar-refractivity contribution in [2.24, 2.45) is 0 Å². The molecular weight excluding hydrogens is 174 g/mol. The van der Waals surface area contributed by atoms with Crippen LogP contribution in [0.4, 0.5) is 5.69 Å². The molecule has 1 aromatic carbocycles. The molecule has 0 bridgehead atoms. The van der Waals surface area contributed by atoms with Crippen LogP contribution in [0.2, 0.25) is 0 Å². The van der Waals surface area contributed by atoms with Gasteiger partial charge >= 0.3 is 0 Å². The molecule has 1 fully saturated rings. The fourth-order valence-corrected chi connectivity index (χ4v) is 2.05. The first-order valence-corrected chi connectivity index (χ1v) is 5.26. The number of hydrogen-bond donors (Lipinski definition) is 1. The maximum atomic E-state index is 9.08. The van der Waals surface area contributed by atoms with Crippen molar-refractivity contribution in [3.8, 4) is 0 Å². The van der Waals surface area contributed by atoms with Crippen LogP contribution in [-0.2, 0) is 6.61 Å². The Hall–Kier alpha value is -1.02. The van der Waals surface area contributed by atoms with Crippen molar-refractivity contribution in [3.63, 3.8) is 0 Å². The number of aryl methyl sites for hydroxylation is 1. The summed E-state index contributed by atoms with van der Waals surface area (Å²) in [6.07, 6.45) is 2.59. The van der Waals surface area contributed by atoms with Gasteiger partial charge in [-0.1, -0.05) is 12.1 Å². The lowest BCUT2D eigenvalue weighted by Crippen LogP contribution is -2.18. The fourth-order valence-electron chi connectivity index (χ4n) is 2.05. The van der Waals surface area contributed by atoms with Crippen LogP contribution in [0.5, 0.6) is 0 Å². The van der Waals surface area contributed by atoms with Gasteiger partial charge in [-0.3, -0.25) is 0 Å². The minimum atomic E-state index is 0.140. The number of hydrogen-bond acceptors (Lipinski definition) is 2. The molecule has 1 aliphatic heterocycles. The average Bonchev–Trinajstić information content (AvgIpc) is 2.71. The molecule has 0 unspecified atom stereocenters. The Labute approximate surface area is 85.2 Å². The van der Waals surface area contributed by atoms with Gasteiger partial charge in [0, 0.05) is 18.8 Å². The molecule has 0 atom stereocenters. The van der Waals surface area contributed by atoms with Crippen LogP contribution in [0, 0.1) is 6.92 Å². The fraction of sp³-hybridized carbons (Fsp3) is 0.500. The van der Waals surface area contributed by atoms with E-state index in [9.17, 15) is 0 Å². The Kier molecular flexibility index (Phi) is 2.73. The van der Waals surface area contributed by atoms with Gasteiger partial charge in [0.2, 0.25) is 0 Å². The van der Waals surface area contributed by atoms with Gasteiger partial charge in [0.25, 0.3) is 0 Å². The largest absolute Gasteiger partial charge is 0.392 e. The first-order valence-electron chi connectivity index (χ1n) is 5.26. The molecule has 0 saturated carbocycles. The summed E-state index contributed by atoms with van der Waals surface area (Å²) in [7, 11) is 0. The molecule has 0 aromatic heterocycles. The van der Waals surface area contributed by atoms with E-state index in [4.69, 9.17) is 5.11 Å². The zero-order valence-corrected chi connectivity index (χ0v) is 8.66. The molecule has 1 aliphatic rings. The summed E-state index contributed by atoms with van der Waals surface area (Å²) in [5.41, 5.74) is 3.62. The molecule has 0 radical (unpaired) electrons. The molecule has 0 spiro atoms. The van der Waals surface area contributed by atoms with Crippen molar-refractivity contribution in [1.29, 1.82) is 0 Å². The first-order chi connectivity index (χ1) is 6.81. The van der Waals surface area contributed by atoms with Crippen molar-refractivity contribution in [1.82, 2.24) is 0 Å². The molecule has 0 aliphatic carbocycles. The predicted molar refractivity (Wildman–Crippen MR) is 58.5 cm³/mol. The number of aliphatic hydroxyl groups excluding tert-OH is 1. The summed E-state index contributed by atoms with van der Waals surface area (Å²) in [6, 6.07) is 6.20. The topological polar surface area (TPSA) is 23.5 Å². The Balaban J connectivity index is 2.29. The van der Waals surface area contributed by atoms with E-state index in [0.717, 1.165) is 18.7 Å². The zero-order chi connectivity index (χ0) is 9.97. The van der Waals surface area contributed by atoms with Crippen LogP contribution in [-0.4, -0.2) is 18.2 Å². The summed E-state index contributed by atoms with van der Waals surface area (Å²) >= 11 is 0. The second-order valence-electron chi connectivity index (χ2n) is 3.97. The smallest absolute Gasteiger partial charge is 0.0682 e. The van der Waals surface area contributed by atoms with Crippen LogP contribution < -0.4 is 4.90 Å². The lowest BCUT2D eigenvalue weighted by molar-refractivity contribution is 0.282. The van der Waals surface area contributed by atoms with E-state index < -0.39 is 0 Å². The van der Waals surface area contributed by atoms with Crippen LogP contribution >= 0.6 is 0 Å². The number of anilines is 1. The van der Waals surface area contributed by atoms with Gasteiger partial charge in [-0.25, -0.2) is 0 Å². The summed E-state index contributed by atoms with van der Waals surface area (Å²) in [6.45, 7) is 4.60. The third kappa shape index (κ3) is 1.75. The quantitative estimate of drug-likeness (QED) is 0.773.